The number of nitrogens with zero attached hydrogens (tertiary/aromatic N) is 2. The third-order valence-corrected chi connectivity index (χ3v) is 4.16. The molecule has 0 saturated carbocycles. The van der Waals surface area contributed by atoms with Crippen LogP contribution in [0, 0.1) is 3.57 Å². The molecule has 0 spiro atoms. The molecule has 0 aliphatic rings. The molecule has 0 bridgehead atoms. The maximum absolute atomic E-state index is 13.2. The van der Waals surface area contributed by atoms with E-state index >= 15 is 0 Å². The molecule has 0 unspecified atom stereocenters. The number of rotatable bonds is 1. The van der Waals surface area contributed by atoms with Crippen LogP contribution < -0.4 is 5.56 Å². The van der Waals surface area contributed by atoms with Gasteiger partial charge in [-0.2, -0.15) is 13.2 Å². The van der Waals surface area contributed by atoms with Crippen LogP contribution in [0.4, 0.5) is 13.2 Å². The molecule has 0 atom stereocenters. The number of fused-ring (bicyclic) bond motifs is 1. The van der Waals surface area contributed by atoms with E-state index < -0.39 is 17.3 Å². The van der Waals surface area contributed by atoms with Gasteiger partial charge in [0.2, 0.25) is 5.28 Å². The van der Waals surface area contributed by atoms with Gasteiger partial charge in [0.15, 0.2) is 0 Å². The number of benzene rings is 2. The maximum atomic E-state index is 13.2. The van der Waals surface area contributed by atoms with Gasteiger partial charge in [0.1, 0.15) is 0 Å². The molecular weight excluding hydrogens is 444 g/mol. The van der Waals surface area contributed by atoms with E-state index in [1.54, 1.807) is 18.2 Å². The molecule has 3 rings (SSSR count). The number of para-hydroxylation sites is 1. The van der Waals surface area contributed by atoms with Crippen LogP contribution in [0.25, 0.3) is 16.6 Å². The smallest absolute Gasteiger partial charge is 0.268 e. The van der Waals surface area contributed by atoms with Crippen LogP contribution in [0.2, 0.25) is 5.28 Å². The summed E-state index contributed by atoms with van der Waals surface area (Å²) < 4.78 is 41.1. The predicted octanol–water partition coefficient (Wildman–Crippen LogP) is 4.66. The third kappa shape index (κ3) is 2.94. The van der Waals surface area contributed by atoms with Crippen molar-refractivity contribution in [2.75, 3.05) is 0 Å². The predicted molar refractivity (Wildman–Crippen MR) is 90.1 cm³/mol. The summed E-state index contributed by atoms with van der Waals surface area (Å²) in [5.41, 5.74) is -1.60. The molecule has 3 nitrogen and oxygen atoms in total. The molecule has 1 heterocycles. The standard InChI is InChI=1S/C15H7ClF3IN2O/c16-14-21-11-6-5-8(20)7-9(11)13(23)22(14)12-4-2-1-3-10(12)15(17,18)19/h1-7H. The summed E-state index contributed by atoms with van der Waals surface area (Å²) in [6.45, 7) is 0. The van der Waals surface area contributed by atoms with E-state index in [1.165, 1.54) is 18.2 Å². The Labute approximate surface area is 146 Å². The minimum Gasteiger partial charge on any atom is -0.268 e. The Bertz CT molecular complexity index is 969. The first-order valence-corrected chi connectivity index (χ1v) is 7.79. The van der Waals surface area contributed by atoms with Crippen LogP contribution in [0.15, 0.2) is 47.3 Å². The first-order chi connectivity index (χ1) is 10.8. The van der Waals surface area contributed by atoms with Crippen LogP contribution in [0.5, 0.6) is 0 Å². The second kappa shape index (κ2) is 5.79. The van der Waals surface area contributed by atoms with Gasteiger partial charge in [-0.3, -0.25) is 9.36 Å². The number of alkyl halides is 3. The molecule has 1 aromatic heterocycles. The van der Waals surface area contributed by atoms with Crippen molar-refractivity contribution in [3.05, 3.63) is 67.2 Å². The molecule has 0 aliphatic carbocycles. The molecule has 23 heavy (non-hydrogen) atoms. The summed E-state index contributed by atoms with van der Waals surface area (Å²) in [4.78, 5) is 16.7. The fraction of sp³-hybridized carbons (Fsp3) is 0.0667. The van der Waals surface area contributed by atoms with Crippen molar-refractivity contribution >= 4 is 45.1 Å². The lowest BCUT2D eigenvalue weighted by Gasteiger charge is -2.15. The van der Waals surface area contributed by atoms with Crippen molar-refractivity contribution in [3.63, 3.8) is 0 Å². The van der Waals surface area contributed by atoms with Gasteiger partial charge in [0, 0.05) is 3.57 Å². The van der Waals surface area contributed by atoms with E-state index in [1.807, 2.05) is 22.6 Å². The molecular formula is C15H7ClF3IN2O. The van der Waals surface area contributed by atoms with Crippen molar-refractivity contribution in [2.45, 2.75) is 6.18 Å². The van der Waals surface area contributed by atoms with E-state index in [4.69, 9.17) is 11.6 Å². The summed E-state index contributed by atoms with van der Waals surface area (Å²) in [7, 11) is 0. The van der Waals surface area contributed by atoms with Crippen molar-refractivity contribution in [2.24, 2.45) is 0 Å². The van der Waals surface area contributed by atoms with Gasteiger partial charge in [-0.1, -0.05) is 12.1 Å². The highest BCUT2D eigenvalue weighted by Gasteiger charge is 2.34. The third-order valence-electron chi connectivity index (χ3n) is 3.24. The maximum Gasteiger partial charge on any atom is 0.418 e. The number of hydrogen-bond acceptors (Lipinski definition) is 2. The summed E-state index contributed by atoms with van der Waals surface area (Å²) >= 11 is 8.00. The fourth-order valence-corrected chi connectivity index (χ4v) is 3.00. The van der Waals surface area contributed by atoms with Gasteiger partial charge < -0.3 is 0 Å². The molecule has 0 N–H and O–H groups in total. The molecule has 2 aromatic carbocycles. The van der Waals surface area contributed by atoms with Gasteiger partial charge in [-0.15, -0.1) is 0 Å². The SMILES string of the molecule is O=c1c2cc(I)ccc2nc(Cl)n1-c1ccccc1C(F)(F)F. The van der Waals surface area contributed by atoms with Crippen molar-refractivity contribution in [3.8, 4) is 5.69 Å². The van der Waals surface area contributed by atoms with Crippen LogP contribution in [-0.4, -0.2) is 9.55 Å². The number of aromatic nitrogens is 2. The average Bonchev–Trinajstić information content (AvgIpc) is 2.48. The molecule has 8 heteroatoms. The van der Waals surface area contributed by atoms with E-state index in [9.17, 15) is 18.0 Å². The lowest BCUT2D eigenvalue weighted by molar-refractivity contribution is -0.137. The molecule has 0 fully saturated rings. The lowest BCUT2D eigenvalue weighted by atomic mass is 10.1. The summed E-state index contributed by atoms with van der Waals surface area (Å²) in [6.07, 6.45) is -4.61. The van der Waals surface area contributed by atoms with Crippen molar-refractivity contribution < 1.29 is 13.2 Å². The summed E-state index contributed by atoms with van der Waals surface area (Å²) in [5, 5.41) is -0.112. The van der Waals surface area contributed by atoms with Crippen LogP contribution in [0.3, 0.4) is 0 Å². The van der Waals surface area contributed by atoms with Gasteiger partial charge in [-0.25, -0.2) is 4.98 Å². The fourth-order valence-electron chi connectivity index (χ4n) is 2.25. The quantitative estimate of drug-likeness (QED) is 0.399. The van der Waals surface area contributed by atoms with E-state index in [-0.39, 0.29) is 16.4 Å². The molecule has 0 saturated heterocycles. The second-order valence-corrected chi connectivity index (χ2v) is 6.28. The highest BCUT2D eigenvalue weighted by atomic mass is 127. The summed E-state index contributed by atoms with van der Waals surface area (Å²) in [6, 6.07) is 9.65. The van der Waals surface area contributed by atoms with Crippen molar-refractivity contribution in [1.29, 1.82) is 0 Å². The monoisotopic (exact) mass is 450 g/mol. The average molecular weight is 451 g/mol. The Balaban J connectivity index is 2.41. The van der Waals surface area contributed by atoms with Crippen LogP contribution in [0.1, 0.15) is 5.56 Å². The largest absolute Gasteiger partial charge is 0.418 e. The van der Waals surface area contributed by atoms with E-state index in [2.05, 4.69) is 4.98 Å². The lowest BCUT2D eigenvalue weighted by Crippen LogP contribution is -2.23. The zero-order chi connectivity index (χ0) is 16.8. The van der Waals surface area contributed by atoms with Crippen molar-refractivity contribution in [1.82, 2.24) is 9.55 Å². The van der Waals surface area contributed by atoms with Gasteiger partial charge in [-0.05, 0) is 64.5 Å². The molecule has 0 aliphatic heterocycles. The normalized spacial score (nSPS) is 11.9. The van der Waals surface area contributed by atoms with Gasteiger partial charge in [0.25, 0.3) is 5.56 Å². The topological polar surface area (TPSA) is 34.9 Å². The highest BCUT2D eigenvalue weighted by Crippen LogP contribution is 2.34. The Morgan fingerprint density at radius 3 is 2.52 bits per heavy atom. The Kier molecular flexibility index (Phi) is 4.09. The Morgan fingerprint density at radius 1 is 1.13 bits per heavy atom. The van der Waals surface area contributed by atoms with Gasteiger partial charge in [0.05, 0.1) is 22.2 Å². The molecule has 0 amide bonds. The second-order valence-electron chi connectivity index (χ2n) is 4.70. The van der Waals surface area contributed by atoms with Crippen LogP contribution >= 0.6 is 34.2 Å². The first-order valence-electron chi connectivity index (χ1n) is 6.33. The zero-order valence-corrected chi connectivity index (χ0v) is 14.1. The molecule has 3 aromatic rings. The molecule has 118 valence electrons. The number of halogens is 5. The number of hydrogen-bond donors (Lipinski definition) is 0. The summed E-state index contributed by atoms with van der Waals surface area (Å²) in [5.74, 6) is 0. The minimum atomic E-state index is -4.61. The Morgan fingerprint density at radius 2 is 1.83 bits per heavy atom. The zero-order valence-electron chi connectivity index (χ0n) is 11.2. The first kappa shape index (κ1) is 16.3. The van der Waals surface area contributed by atoms with E-state index in [0.29, 0.717) is 5.52 Å². The van der Waals surface area contributed by atoms with Crippen LogP contribution in [-0.2, 0) is 6.18 Å². The van der Waals surface area contributed by atoms with E-state index in [0.717, 1.165) is 14.2 Å². The highest BCUT2D eigenvalue weighted by molar-refractivity contribution is 14.1. The molecule has 0 radical (unpaired) electrons. The Hall–Kier alpha value is -1.61. The van der Waals surface area contributed by atoms with Gasteiger partial charge >= 0.3 is 6.18 Å². The minimum absolute atomic E-state index is 0.207.